The van der Waals surface area contributed by atoms with E-state index >= 15 is 0 Å². The molecule has 0 aliphatic carbocycles. The fraction of sp³-hybridized carbons (Fsp3) is 0.263. The maximum atomic E-state index is 13.3. The molecule has 5 nitrogen and oxygen atoms in total. The van der Waals surface area contributed by atoms with E-state index in [0.29, 0.717) is 30.2 Å². The fourth-order valence-corrected chi connectivity index (χ4v) is 2.34. The van der Waals surface area contributed by atoms with Gasteiger partial charge in [-0.05, 0) is 48.7 Å². The third kappa shape index (κ3) is 5.60. The molecule has 0 saturated heterocycles. The van der Waals surface area contributed by atoms with Crippen LogP contribution >= 0.6 is 0 Å². The Morgan fingerprint density at radius 3 is 2.64 bits per heavy atom. The second kappa shape index (κ2) is 8.82. The summed E-state index contributed by atoms with van der Waals surface area (Å²) in [5.41, 5.74) is 8.24. The lowest BCUT2D eigenvalue weighted by molar-refractivity contribution is 0.1000. The van der Waals surface area contributed by atoms with Gasteiger partial charge < -0.3 is 16.4 Å². The fourth-order valence-electron chi connectivity index (χ4n) is 2.34. The number of benzene rings is 2. The largest absolute Gasteiger partial charge is 0.366 e. The number of carbonyl (C=O) groups excluding carboxylic acids is 1. The summed E-state index contributed by atoms with van der Waals surface area (Å²) in [6, 6.07) is 12.1. The van der Waals surface area contributed by atoms with Crippen molar-refractivity contribution in [3.63, 3.8) is 0 Å². The number of aliphatic imine (C=N–C) groups is 1. The molecule has 0 heterocycles. The number of rotatable bonds is 6. The Labute approximate surface area is 147 Å². The van der Waals surface area contributed by atoms with Crippen LogP contribution in [-0.2, 0) is 13.1 Å². The minimum atomic E-state index is -0.456. The molecule has 2 aromatic rings. The summed E-state index contributed by atoms with van der Waals surface area (Å²) < 4.78 is 13.3. The molecule has 0 radical (unpaired) electrons. The van der Waals surface area contributed by atoms with Crippen LogP contribution in [0.5, 0.6) is 0 Å². The number of nitrogens with two attached hydrogens (primary N) is 1. The van der Waals surface area contributed by atoms with Gasteiger partial charge in [0.15, 0.2) is 5.96 Å². The smallest absolute Gasteiger partial charge is 0.248 e. The summed E-state index contributed by atoms with van der Waals surface area (Å²) >= 11 is 0. The van der Waals surface area contributed by atoms with Crippen molar-refractivity contribution in [3.8, 4) is 0 Å². The number of primary amides is 1. The molecule has 0 aliphatic heterocycles. The van der Waals surface area contributed by atoms with Gasteiger partial charge in [-0.3, -0.25) is 4.79 Å². The van der Waals surface area contributed by atoms with Crippen LogP contribution in [0.15, 0.2) is 47.5 Å². The molecule has 0 bridgehead atoms. The Balaban J connectivity index is 2.03. The molecule has 0 spiro atoms. The quantitative estimate of drug-likeness (QED) is 0.557. The number of halogens is 1. The third-order valence-corrected chi connectivity index (χ3v) is 3.66. The van der Waals surface area contributed by atoms with Gasteiger partial charge in [0.25, 0.3) is 0 Å². The highest BCUT2D eigenvalue weighted by Crippen LogP contribution is 2.09. The van der Waals surface area contributed by atoms with E-state index in [1.165, 1.54) is 6.07 Å². The molecule has 2 rings (SSSR count). The molecule has 0 fully saturated rings. The van der Waals surface area contributed by atoms with E-state index in [-0.39, 0.29) is 5.82 Å². The third-order valence-electron chi connectivity index (χ3n) is 3.66. The first kappa shape index (κ1) is 18.4. The Kier molecular flexibility index (Phi) is 6.51. The number of hydrogen-bond donors (Lipinski definition) is 3. The first-order valence-corrected chi connectivity index (χ1v) is 8.15. The van der Waals surface area contributed by atoms with Crippen molar-refractivity contribution in [2.45, 2.75) is 26.9 Å². The molecular weight excluding hydrogens is 319 g/mol. The van der Waals surface area contributed by atoms with Crippen LogP contribution in [0.2, 0.25) is 0 Å². The first-order chi connectivity index (χ1) is 12.0. The average Bonchev–Trinajstić information content (AvgIpc) is 2.60. The average molecular weight is 342 g/mol. The van der Waals surface area contributed by atoms with Gasteiger partial charge >= 0.3 is 0 Å². The Bertz CT molecular complexity index is 774. The van der Waals surface area contributed by atoms with Crippen molar-refractivity contribution in [1.82, 2.24) is 10.6 Å². The summed E-state index contributed by atoms with van der Waals surface area (Å²) in [6.07, 6.45) is 0. The van der Waals surface area contributed by atoms with Gasteiger partial charge in [0, 0.05) is 18.7 Å². The molecule has 0 atom stereocenters. The maximum Gasteiger partial charge on any atom is 0.248 e. The van der Waals surface area contributed by atoms with Crippen molar-refractivity contribution in [3.05, 3.63) is 70.5 Å². The molecule has 25 heavy (non-hydrogen) atoms. The lowest BCUT2D eigenvalue weighted by Crippen LogP contribution is -2.36. The highest BCUT2D eigenvalue weighted by Gasteiger charge is 2.03. The number of aryl methyl sites for hydroxylation is 1. The Hall–Kier alpha value is -2.89. The minimum Gasteiger partial charge on any atom is -0.366 e. The monoisotopic (exact) mass is 342 g/mol. The Morgan fingerprint density at radius 2 is 1.96 bits per heavy atom. The summed E-state index contributed by atoms with van der Waals surface area (Å²) in [5.74, 6) is -0.0184. The molecule has 6 heteroatoms. The van der Waals surface area contributed by atoms with Gasteiger partial charge in [-0.25, -0.2) is 9.38 Å². The van der Waals surface area contributed by atoms with Gasteiger partial charge in [-0.15, -0.1) is 0 Å². The topological polar surface area (TPSA) is 79.5 Å². The molecule has 0 unspecified atom stereocenters. The van der Waals surface area contributed by atoms with Crippen LogP contribution in [0.25, 0.3) is 0 Å². The summed E-state index contributed by atoms with van der Waals surface area (Å²) in [5, 5.41) is 6.38. The maximum absolute atomic E-state index is 13.3. The van der Waals surface area contributed by atoms with Gasteiger partial charge in [0.2, 0.25) is 5.91 Å². The zero-order chi connectivity index (χ0) is 18.2. The van der Waals surface area contributed by atoms with Crippen LogP contribution in [0, 0.1) is 12.7 Å². The van der Waals surface area contributed by atoms with Crippen LogP contribution in [-0.4, -0.2) is 18.4 Å². The molecule has 4 N–H and O–H groups in total. The van der Waals surface area contributed by atoms with E-state index in [1.54, 1.807) is 31.2 Å². The zero-order valence-electron chi connectivity index (χ0n) is 14.5. The van der Waals surface area contributed by atoms with E-state index in [2.05, 4.69) is 15.6 Å². The van der Waals surface area contributed by atoms with E-state index < -0.39 is 5.91 Å². The van der Waals surface area contributed by atoms with E-state index in [4.69, 9.17) is 5.73 Å². The van der Waals surface area contributed by atoms with Crippen molar-refractivity contribution < 1.29 is 9.18 Å². The molecule has 0 saturated carbocycles. The lowest BCUT2D eigenvalue weighted by Gasteiger charge is -2.12. The van der Waals surface area contributed by atoms with Crippen molar-refractivity contribution in [2.24, 2.45) is 10.7 Å². The number of guanidine groups is 1. The standard InChI is InChI=1S/C19H23FN4O/c1-3-22-19(24-12-15-7-8-17(20)13(2)9-15)23-11-14-5-4-6-16(10-14)18(21)25/h4-10H,3,11-12H2,1-2H3,(H2,21,25)(H2,22,23,24). The number of nitrogens with zero attached hydrogens (tertiary/aromatic N) is 1. The molecule has 0 aliphatic rings. The second-order valence-corrected chi connectivity index (χ2v) is 5.70. The highest BCUT2D eigenvalue weighted by molar-refractivity contribution is 5.92. The van der Waals surface area contributed by atoms with Crippen LogP contribution in [0.1, 0.15) is 34.0 Å². The molecule has 132 valence electrons. The number of amides is 1. The van der Waals surface area contributed by atoms with Crippen LogP contribution in [0.3, 0.4) is 0 Å². The predicted molar refractivity (Wildman–Crippen MR) is 97.8 cm³/mol. The first-order valence-electron chi connectivity index (χ1n) is 8.15. The predicted octanol–water partition coefficient (Wildman–Crippen LogP) is 2.49. The normalized spacial score (nSPS) is 11.2. The lowest BCUT2D eigenvalue weighted by atomic mass is 10.1. The second-order valence-electron chi connectivity index (χ2n) is 5.70. The summed E-state index contributed by atoms with van der Waals surface area (Å²) in [6.45, 7) is 5.39. The van der Waals surface area contributed by atoms with E-state index in [1.807, 2.05) is 19.1 Å². The van der Waals surface area contributed by atoms with E-state index in [9.17, 15) is 9.18 Å². The molecular formula is C19H23FN4O. The van der Waals surface area contributed by atoms with Gasteiger partial charge in [-0.1, -0.05) is 24.3 Å². The van der Waals surface area contributed by atoms with Crippen molar-refractivity contribution in [1.29, 1.82) is 0 Å². The number of carbonyl (C=O) groups is 1. The van der Waals surface area contributed by atoms with Crippen molar-refractivity contribution in [2.75, 3.05) is 6.54 Å². The van der Waals surface area contributed by atoms with Crippen LogP contribution < -0.4 is 16.4 Å². The van der Waals surface area contributed by atoms with Gasteiger partial charge in [0.1, 0.15) is 5.82 Å². The molecule has 1 amide bonds. The molecule has 2 aromatic carbocycles. The molecule has 0 aromatic heterocycles. The highest BCUT2D eigenvalue weighted by atomic mass is 19.1. The Morgan fingerprint density at radius 1 is 1.16 bits per heavy atom. The van der Waals surface area contributed by atoms with E-state index in [0.717, 1.165) is 17.7 Å². The number of nitrogens with one attached hydrogen (secondary N) is 2. The summed E-state index contributed by atoms with van der Waals surface area (Å²) in [4.78, 5) is 15.7. The van der Waals surface area contributed by atoms with Crippen molar-refractivity contribution >= 4 is 11.9 Å². The number of hydrogen-bond acceptors (Lipinski definition) is 2. The van der Waals surface area contributed by atoms with Gasteiger partial charge in [-0.2, -0.15) is 0 Å². The minimum absolute atomic E-state index is 0.210. The van der Waals surface area contributed by atoms with Crippen LogP contribution in [0.4, 0.5) is 4.39 Å². The van der Waals surface area contributed by atoms with Gasteiger partial charge in [0.05, 0.1) is 6.54 Å². The SMILES string of the molecule is CCNC(=NCc1cccc(C(N)=O)c1)NCc1ccc(F)c(C)c1. The zero-order valence-corrected chi connectivity index (χ0v) is 14.5. The summed E-state index contributed by atoms with van der Waals surface area (Å²) in [7, 11) is 0.